The fraction of sp³-hybridized carbons (Fsp3) is 1.00. The normalized spacial score (nSPS) is 36.7. The van der Waals surface area contributed by atoms with Gasteiger partial charge in [0.2, 0.25) is 0 Å². The van der Waals surface area contributed by atoms with Crippen LogP contribution in [-0.2, 0) is 14.2 Å². The Kier molecular flexibility index (Phi) is 5.18. The van der Waals surface area contributed by atoms with Crippen LogP contribution in [0.4, 0.5) is 0 Å². The lowest BCUT2D eigenvalue weighted by molar-refractivity contribution is -0.216. The van der Waals surface area contributed by atoms with Gasteiger partial charge >= 0.3 is 0 Å². The van der Waals surface area contributed by atoms with Crippen molar-refractivity contribution in [3.05, 3.63) is 0 Å². The van der Waals surface area contributed by atoms with Crippen LogP contribution in [0.15, 0.2) is 0 Å². The standard InChI is InChI=1S/C15H30O5Si/c1-15(2)19-13-12(17)11(18-14(13)20-15)8-10(6-7-16)9-21(3,4)5/h10-14,16-17H,6-9H2,1-5H3/t10?,11?,12-,13+,14?/m0/s1. The van der Waals surface area contributed by atoms with E-state index in [0.29, 0.717) is 5.92 Å². The Labute approximate surface area is 128 Å². The van der Waals surface area contributed by atoms with E-state index in [4.69, 9.17) is 14.2 Å². The van der Waals surface area contributed by atoms with Crippen molar-refractivity contribution in [1.82, 2.24) is 0 Å². The van der Waals surface area contributed by atoms with E-state index in [-0.39, 0.29) is 12.7 Å². The first-order valence-electron chi connectivity index (χ1n) is 7.91. The first kappa shape index (κ1) is 17.4. The van der Waals surface area contributed by atoms with E-state index < -0.39 is 32.4 Å². The Morgan fingerprint density at radius 2 is 1.86 bits per heavy atom. The fourth-order valence-electron chi connectivity index (χ4n) is 3.43. The third-order valence-electron chi connectivity index (χ3n) is 4.12. The molecule has 5 atom stereocenters. The number of fused-ring (bicyclic) bond motifs is 1. The molecule has 5 nitrogen and oxygen atoms in total. The highest BCUT2D eigenvalue weighted by molar-refractivity contribution is 6.76. The first-order valence-corrected chi connectivity index (χ1v) is 11.6. The van der Waals surface area contributed by atoms with Crippen molar-refractivity contribution >= 4 is 8.07 Å². The van der Waals surface area contributed by atoms with Crippen molar-refractivity contribution in [2.45, 2.75) is 82.8 Å². The van der Waals surface area contributed by atoms with Crippen LogP contribution in [0.3, 0.4) is 0 Å². The summed E-state index contributed by atoms with van der Waals surface area (Å²) in [5.41, 5.74) is 0. The van der Waals surface area contributed by atoms with Crippen LogP contribution in [0.1, 0.15) is 26.7 Å². The molecular formula is C15H30O5Si. The lowest BCUT2D eigenvalue weighted by Crippen LogP contribution is -2.36. The van der Waals surface area contributed by atoms with Crippen LogP contribution in [-0.4, -0.2) is 55.3 Å². The minimum Gasteiger partial charge on any atom is -0.396 e. The van der Waals surface area contributed by atoms with Gasteiger partial charge in [-0.15, -0.1) is 0 Å². The maximum atomic E-state index is 10.4. The predicted molar refractivity (Wildman–Crippen MR) is 82.7 cm³/mol. The van der Waals surface area contributed by atoms with E-state index in [9.17, 15) is 10.2 Å². The second-order valence-corrected chi connectivity index (χ2v) is 13.5. The highest BCUT2D eigenvalue weighted by Gasteiger charge is 2.54. The van der Waals surface area contributed by atoms with Gasteiger partial charge < -0.3 is 24.4 Å². The molecule has 2 saturated heterocycles. The second-order valence-electron chi connectivity index (χ2n) is 8.01. The van der Waals surface area contributed by atoms with Crippen molar-refractivity contribution < 1.29 is 24.4 Å². The molecule has 0 spiro atoms. The lowest BCUT2D eigenvalue weighted by Gasteiger charge is -2.28. The summed E-state index contributed by atoms with van der Waals surface area (Å²) in [5.74, 6) is -0.308. The van der Waals surface area contributed by atoms with Gasteiger partial charge in [0.25, 0.3) is 0 Å². The molecule has 6 heteroatoms. The molecule has 2 aliphatic rings. The molecule has 0 bridgehead atoms. The summed E-state index contributed by atoms with van der Waals surface area (Å²) in [6, 6.07) is 1.13. The number of hydrogen-bond acceptors (Lipinski definition) is 5. The van der Waals surface area contributed by atoms with Gasteiger partial charge in [0.15, 0.2) is 12.1 Å². The zero-order valence-electron chi connectivity index (χ0n) is 13.8. The Hall–Kier alpha value is 0.0169. The van der Waals surface area contributed by atoms with Crippen LogP contribution in [0.2, 0.25) is 25.7 Å². The molecule has 0 amide bonds. The summed E-state index contributed by atoms with van der Waals surface area (Å²) < 4.78 is 17.3. The first-order chi connectivity index (χ1) is 9.61. The maximum absolute atomic E-state index is 10.4. The van der Waals surface area contributed by atoms with Crippen molar-refractivity contribution in [2.24, 2.45) is 5.92 Å². The van der Waals surface area contributed by atoms with Gasteiger partial charge in [-0.1, -0.05) is 25.7 Å². The molecule has 2 aliphatic heterocycles. The second kappa shape index (κ2) is 6.26. The molecule has 0 radical (unpaired) electrons. The highest BCUT2D eigenvalue weighted by atomic mass is 28.3. The molecule has 21 heavy (non-hydrogen) atoms. The fourth-order valence-corrected chi connectivity index (χ4v) is 5.54. The topological polar surface area (TPSA) is 68.2 Å². The minimum atomic E-state index is -1.21. The average Bonchev–Trinajstić information content (AvgIpc) is 2.72. The van der Waals surface area contributed by atoms with Gasteiger partial charge in [0, 0.05) is 14.7 Å². The highest BCUT2D eigenvalue weighted by Crippen LogP contribution is 2.40. The molecule has 3 unspecified atom stereocenters. The van der Waals surface area contributed by atoms with Gasteiger partial charge in [-0.05, 0) is 32.6 Å². The minimum absolute atomic E-state index is 0.185. The number of aliphatic hydroxyl groups excluding tert-OH is 2. The monoisotopic (exact) mass is 318 g/mol. The Morgan fingerprint density at radius 3 is 2.38 bits per heavy atom. The summed E-state index contributed by atoms with van der Waals surface area (Å²) in [6.07, 6.45) is -0.261. The quantitative estimate of drug-likeness (QED) is 0.733. The van der Waals surface area contributed by atoms with Crippen LogP contribution >= 0.6 is 0 Å². The SMILES string of the molecule is CC1(C)OC2OC(CC(CCO)C[Si](C)(C)C)[C@H](O)[C@H]2O1. The zero-order chi connectivity index (χ0) is 15.8. The maximum Gasteiger partial charge on any atom is 0.190 e. The van der Waals surface area contributed by atoms with Crippen molar-refractivity contribution in [2.75, 3.05) is 6.61 Å². The Balaban J connectivity index is 1.94. The zero-order valence-corrected chi connectivity index (χ0v) is 14.8. The van der Waals surface area contributed by atoms with Crippen LogP contribution in [0.25, 0.3) is 0 Å². The van der Waals surface area contributed by atoms with E-state index >= 15 is 0 Å². The summed E-state index contributed by atoms with van der Waals surface area (Å²) >= 11 is 0. The van der Waals surface area contributed by atoms with Crippen LogP contribution < -0.4 is 0 Å². The van der Waals surface area contributed by atoms with Gasteiger partial charge in [-0.3, -0.25) is 0 Å². The van der Waals surface area contributed by atoms with E-state index in [0.717, 1.165) is 18.9 Å². The molecule has 124 valence electrons. The molecule has 2 fully saturated rings. The molecule has 0 aromatic heterocycles. The summed E-state index contributed by atoms with van der Waals surface area (Å²) in [7, 11) is -1.21. The molecular weight excluding hydrogens is 288 g/mol. The van der Waals surface area contributed by atoms with Crippen molar-refractivity contribution in [1.29, 1.82) is 0 Å². The smallest absolute Gasteiger partial charge is 0.190 e. The number of ether oxygens (including phenoxy) is 3. The molecule has 0 saturated carbocycles. The molecule has 2 heterocycles. The van der Waals surface area contributed by atoms with E-state index in [2.05, 4.69) is 19.6 Å². The van der Waals surface area contributed by atoms with Crippen LogP contribution in [0.5, 0.6) is 0 Å². The number of aliphatic hydroxyl groups is 2. The molecule has 0 aromatic rings. The van der Waals surface area contributed by atoms with Gasteiger partial charge in [0.05, 0.1) is 6.10 Å². The van der Waals surface area contributed by atoms with Crippen LogP contribution in [0, 0.1) is 5.92 Å². The van der Waals surface area contributed by atoms with E-state index in [1.165, 1.54) is 0 Å². The van der Waals surface area contributed by atoms with Gasteiger partial charge in [-0.25, -0.2) is 0 Å². The average molecular weight is 318 g/mol. The third-order valence-corrected chi connectivity index (χ3v) is 5.92. The van der Waals surface area contributed by atoms with Crippen molar-refractivity contribution in [3.8, 4) is 0 Å². The summed E-state index contributed by atoms with van der Waals surface area (Å²) in [6.45, 7) is 10.8. The molecule has 0 aromatic carbocycles. The molecule has 2 rings (SSSR count). The summed E-state index contributed by atoms with van der Waals surface area (Å²) in [4.78, 5) is 0. The van der Waals surface area contributed by atoms with E-state index in [1.807, 2.05) is 13.8 Å². The summed E-state index contributed by atoms with van der Waals surface area (Å²) in [5, 5.41) is 19.7. The predicted octanol–water partition coefficient (Wildman–Crippen LogP) is 1.95. The third kappa shape index (κ3) is 4.50. The lowest BCUT2D eigenvalue weighted by atomic mass is 9.96. The number of hydrogen-bond donors (Lipinski definition) is 2. The van der Waals surface area contributed by atoms with Crippen molar-refractivity contribution in [3.63, 3.8) is 0 Å². The van der Waals surface area contributed by atoms with Gasteiger partial charge in [-0.2, -0.15) is 0 Å². The number of rotatable bonds is 6. The Bertz CT molecular complexity index is 354. The van der Waals surface area contributed by atoms with E-state index in [1.54, 1.807) is 0 Å². The Morgan fingerprint density at radius 1 is 1.19 bits per heavy atom. The van der Waals surface area contributed by atoms with Gasteiger partial charge in [0.1, 0.15) is 12.2 Å². The molecule has 0 aliphatic carbocycles. The largest absolute Gasteiger partial charge is 0.396 e. The molecule has 2 N–H and O–H groups in total.